The Balaban J connectivity index is 1.56. The van der Waals surface area contributed by atoms with Crippen molar-refractivity contribution in [2.24, 2.45) is 11.3 Å². The van der Waals surface area contributed by atoms with Gasteiger partial charge in [0.15, 0.2) is 0 Å². The minimum absolute atomic E-state index is 0.0285. The number of hydrogen-bond acceptors (Lipinski definition) is 5. The Bertz CT molecular complexity index is 870. The van der Waals surface area contributed by atoms with Crippen molar-refractivity contribution in [3.63, 3.8) is 0 Å². The first-order chi connectivity index (χ1) is 14.7. The number of ether oxygens (including phenoxy) is 2. The van der Waals surface area contributed by atoms with Crippen molar-refractivity contribution in [1.29, 1.82) is 0 Å². The molecule has 170 valence electrons. The number of likely N-dealkylation sites (tertiary alicyclic amines) is 1. The van der Waals surface area contributed by atoms with Gasteiger partial charge in [-0.3, -0.25) is 9.69 Å². The Morgan fingerprint density at radius 1 is 1.16 bits per heavy atom. The lowest BCUT2D eigenvalue weighted by Crippen LogP contribution is -2.54. The zero-order valence-corrected chi connectivity index (χ0v) is 19.4. The Morgan fingerprint density at radius 2 is 1.94 bits per heavy atom. The van der Waals surface area contributed by atoms with Crippen LogP contribution in [0.5, 0.6) is 11.5 Å². The van der Waals surface area contributed by atoms with Crippen LogP contribution in [-0.2, 0) is 4.79 Å². The fourth-order valence-electron chi connectivity index (χ4n) is 6.26. The molecule has 7 heteroatoms. The molecule has 2 heterocycles. The first-order valence-corrected chi connectivity index (χ1v) is 11.3. The molecule has 3 aliphatic rings. The third-order valence-electron chi connectivity index (χ3n) is 7.11. The predicted octanol–water partition coefficient (Wildman–Crippen LogP) is 3.94. The van der Waals surface area contributed by atoms with E-state index in [2.05, 4.69) is 31.0 Å². The van der Waals surface area contributed by atoms with E-state index in [1.807, 2.05) is 18.2 Å². The smallest absolute Gasteiger partial charge is 0.326 e. The number of rotatable bonds is 5. The molecule has 3 fully saturated rings. The highest BCUT2D eigenvalue weighted by molar-refractivity contribution is 6.07. The van der Waals surface area contributed by atoms with Crippen LogP contribution >= 0.6 is 0 Å². The highest BCUT2D eigenvalue weighted by Crippen LogP contribution is 2.47. The summed E-state index contributed by atoms with van der Waals surface area (Å²) < 4.78 is 11.0. The molecule has 0 radical (unpaired) electrons. The molecule has 1 saturated carbocycles. The first kappa shape index (κ1) is 21.9. The van der Waals surface area contributed by atoms with Crippen molar-refractivity contribution in [2.75, 3.05) is 27.4 Å². The largest absolute Gasteiger partial charge is 0.497 e. The van der Waals surface area contributed by atoms with Crippen molar-refractivity contribution < 1.29 is 19.1 Å². The summed E-state index contributed by atoms with van der Waals surface area (Å²) in [5.41, 5.74) is 0.301. The fourth-order valence-corrected chi connectivity index (χ4v) is 6.26. The van der Waals surface area contributed by atoms with Gasteiger partial charge in [0.2, 0.25) is 0 Å². The number of amides is 3. The van der Waals surface area contributed by atoms with Gasteiger partial charge in [0.1, 0.15) is 17.0 Å². The minimum atomic E-state index is -0.763. The third kappa shape index (κ3) is 4.00. The first-order valence-electron chi connectivity index (χ1n) is 11.3. The molecule has 4 rings (SSSR count). The average molecular weight is 430 g/mol. The maximum atomic E-state index is 13.6. The van der Waals surface area contributed by atoms with E-state index in [0.29, 0.717) is 25.4 Å². The molecule has 0 aromatic heterocycles. The molecule has 1 aliphatic carbocycles. The van der Waals surface area contributed by atoms with Gasteiger partial charge in [-0.05, 0) is 61.6 Å². The lowest BCUT2D eigenvalue weighted by molar-refractivity contribution is -0.136. The summed E-state index contributed by atoms with van der Waals surface area (Å²) >= 11 is 0. The summed E-state index contributed by atoms with van der Waals surface area (Å²) in [6.07, 6.45) is 4.43. The van der Waals surface area contributed by atoms with E-state index in [0.717, 1.165) is 42.9 Å². The van der Waals surface area contributed by atoms with Crippen molar-refractivity contribution >= 4 is 11.9 Å². The third-order valence-corrected chi connectivity index (χ3v) is 7.11. The lowest BCUT2D eigenvalue weighted by Gasteiger charge is -2.44. The van der Waals surface area contributed by atoms with E-state index in [4.69, 9.17) is 9.47 Å². The molecule has 1 spiro atoms. The summed E-state index contributed by atoms with van der Waals surface area (Å²) in [6, 6.07) is 5.61. The highest BCUT2D eigenvalue weighted by Gasteiger charge is 2.56. The number of carbonyl (C=O) groups is 2. The van der Waals surface area contributed by atoms with Gasteiger partial charge in [-0.25, -0.2) is 9.69 Å². The maximum Gasteiger partial charge on any atom is 0.326 e. The Kier molecular flexibility index (Phi) is 5.66. The van der Waals surface area contributed by atoms with E-state index in [-0.39, 0.29) is 23.4 Å². The van der Waals surface area contributed by atoms with Crippen LogP contribution in [0, 0.1) is 11.3 Å². The molecule has 3 atom stereocenters. The summed E-state index contributed by atoms with van der Waals surface area (Å²) in [5, 5.41) is 3.09. The van der Waals surface area contributed by atoms with Gasteiger partial charge in [-0.2, -0.15) is 0 Å². The zero-order valence-electron chi connectivity index (χ0n) is 19.4. The summed E-state index contributed by atoms with van der Waals surface area (Å²) in [7, 11) is 3.31. The van der Waals surface area contributed by atoms with E-state index in [1.54, 1.807) is 14.2 Å². The topological polar surface area (TPSA) is 71.1 Å². The van der Waals surface area contributed by atoms with E-state index >= 15 is 0 Å². The van der Waals surface area contributed by atoms with Crippen LogP contribution in [0.4, 0.5) is 4.79 Å². The monoisotopic (exact) mass is 429 g/mol. The predicted molar refractivity (Wildman–Crippen MR) is 118 cm³/mol. The van der Waals surface area contributed by atoms with E-state index < -0.39 is 5.54 Å². The number of hydrogen-bond donors (Lipinski definition) is 1. The van der Waals surface area contributed by atoms with Crippen LogP contribution in [0.1, 0.15) is 64.5 Å². The molecule has 1 aromatic rings. The van der Waals surface area contributed by atoms with Crippen LogP contribution in [-0.4, -0.2) is 54.7 Å². The molecule has 1 aromatic carbocycles. The number of nitrogens with zero attached hydrogens (tertiary/aromatic N) is 2. The Morgan fingerprint density at radius 3 is 2.61 bits per heavy atom. The average Bonchev–Trinajstić information content (AvgIpc) is 3.24. The van der Waals surface area contributed by atoms with Gasteiger partial charge in [-0.1, -0.05) is 20.8 Å². The number of benzene rings is 1. The number of nitrogens with one attached hydrogen (secondary N) is 1. The second-order valence-electron chi connectivity index (χ2n) is 10.3. The normalized spacial score (nSPS) is 30.7. The summed E-state index contributed by atoms with van der Waals surface area (Å²) in [4.78, 5) is 30.1. The van der Waals surface area contributed by atoms with Crippen LogP contribution in [0.15, 0.2) is 18.2 Å². The zero-order chi connectivity index (χ0) is 22.4. The van der Waals surface area contributed by atoms with Gasteiger partial charge in [0.25, 0.3) is 5.91 Å². The molecule has 0 bridgehead atoms. The molecule has 31 heavy (non-hydrogen) atoms. The van der Waals surface area contributed by atoms with Gasteiger partial charge >= 0.3 is 6.03 Å². The van der Waals surface area contributed by atoms with E-state index in [1.165, 1.54) is 4.90 Å². The second kappa shape index (κ2) is 8.01. The maximum absolute atomic E-state index is 13.6. The quantitative estimate of drug-likeness (QED) is 0.718. The Labute approximate surface area is 185 Å². The van der Waals surface area contributed by atoms with Crippen molar-refractivity contribution in [1.82, 2.24) is 15.1 Å². The molecular weight excluding hydrogens is 394 g/mol. The van der Waals surface area contributed by atoms with Crippen LogP contribution in [0.25, 0.3) is 0 Å². The molecule has 0 unspecified atom stereocenters. The summed E-state index contributed by atoms with van der Waals surface area (Å²) in [6.45, 7) is 7.69. The molecule has 3 amide bonds. The van der Waals surface area contributed by atoms with Gasteiger partial charge in [0.05, 0.1) is 20.9 Å². The lowest BCUT2D eigenvalue weighted by atomic mass is 9.64. The summed E-state index contributed by atoms with van der Waals surface area (Å²) in [5.74, 6) is 1.90. The number of urea groups is 1. The van der Waals surface area contributed by atoms with Crippen molar-refractivity contribution in [3.8, 4) is 11.5 Å². The minimum Gasteiger partial charge on any atom is -0.497 e. The van der Waals surface area contributed by atoms with Crippen molar-refractivity contribution in [3.05, 3.63) is 23.8 Å². The SMILES string of the molecule is COc1ccc(OC)c([C@@H]2CCCN2CN2C(=O)N[C@]3(C[C@@H](C)CC(C)(C)C3)C2=O)c1. The Hall–Kier alpha value is -2.28. The number of methoxy groups -OCH3 is 2. The standard InChI is InChI=1S/C24H35N3O4/c1-16-12-23(2,3)14-24(13-16)21(28)27(22(29)25-24)15-26-10-6-7-19(26)18-11-17(30-4)8-9-20(18)31-5/h8-9,11,16,19H,6-7,10,12-15H2,1-5H3,(H,25,29)/t16-,19-,24-/m0/s1. The fraction of sp³-hybridized carbons (Fsp3) is 0.667. The molecule has 2 aliphatic heterocycles. The van der Waals surface area contributed by atoms with E-state index in [9.17, 15) is 9.59 Å². The van der Waals surface area contributed by atoms with Crippen LogP contribution in [0.2, 0.25) is 0 Å². The number of imide groups is 1. The molecule has 1 N–H and O–H groups in total. The van der Waals surface area contributed by atoms with Crippen LogP contribution in [0.3, 0.4) is 0 Å². The highest BCUT2D eigenvalue weighted by atomic mass is 16.5. The van der Waals surface area contributed by atoms with Gasteiger partial charge in [0, 0.05) is 18.2 Å². The molecular formula is C24H35N3O4. The van der Waals surface area contributed by atoms with Crippen LogP contribution < -0.4 is 14.8 Å². The van der Waals surface area contributed by atoms with Gasteiger partial charge < -0.3 is 14.8 Å². The molecule has 2 saturated heterocycles. The number of carbonyl (C=O) groups excluding carboxylic acids is 2. The second-order valence-corrected chi connectivity index (χ2v) is 10.3. The van der Waals surface area contributed by atoms with Crippen molar-refractivity contribution in [2.45, 2.75) is 64.5 Å². The van der Waals surface area contributed by atoms with Gasteiger partial charge in [-0.15, -0.1) is 0 Å². The molecule has 7 nitrogen and oxygen atoms in total.